The van der Waals surface area contributed by atoms with Gasteiger partial charge >= 0.3 is 6.18 Å². The molecule has 0 radical (unpaired) electrons. The van der Waals surface area contributed by atoms with Gasteiger partial charge in [0.05, 0.1) is 12.7 Å². The molecule has 1 heterocycles. The quantitative estimate of drug-likeness (QED) is 0.626. The van der Waals surface area contributed by atoms with Gasteiger partial charge in [-0.25, -0.2) is 0 Å². The molecule has 0 fully saturated rings. The molecule has 0 aliphatic rings. The van der Waals surface area contributed by atoms with Crippen molar-refractivity contribution in [2.45, 2.75) is 12.1 Å². The molecule has 1 N–H and O–H groups in total. The lowest BCUT2D eigenvalue weighted by molar-refractivity contribution is -0.137. The predicted octanol–water partition coefficient (Wildman–Crippen LogP) is 5.51. The number of benzene rings is 2. The van der Waals surface area contributed by atoms with Gasteiger partial charge in [-0.05, 0) is 41.5 Å². The molecule has 0 saturated heterocycles. The Morgan fingerprint density at radius 3 is 2.42 bits per heavy atom. The van der Waals surface area contributed by atoms with E-state index in [-0.39, 0.29) is 5.92 Å². The van der Waals surface area contributed by atoms with Gasteiger partial charge < -0.3 is 9.72 Å². The van der Waals surface area contributed by atoms with Gasteiger partial charge in [0, 0.05) is 23.0 Å². The van der Waals surface area contributed by atoms with Crippen molar-refractivity contribution in [3.63, 3.8) is 0 Å². The topological polar surface area (TPSA) is 25.0 Å². The number of fused-ring (bicyclic) bond motifs is 1. The smallest absolute Gasteiger partial charge is 0.416 e. The molecule has 124 valence electrons. The Morgan fingerprint density at radius 1 is 1.12 bits per heavy atom. The molecule has 3 aromatic rings. The third-order valence-corrected chi connectivity index (χ3v) is 4.09. The van der Waals surface area contributed by atoms with Crippen LogP contribution in [0.4, 0.5) is 13.2 Å². The van der Waals surface area contributed by atoms with E-state index < -0.39 is 11.7 Å². The first-order valence-electron chi connectivity index (χ1n) is 7.39. The number of hydrogen-bond donors (Lipinski definition) is 1. The van der Waals surface area contributed by atoms with Crippen molar-refractivity contribution in [1.29, 1.82) is 0 Å². The van der Waals surface area contributed by atoms with Gasteiger partial charge in [-0.1, -0.05) is 18.2 Å². The van der Waals surface area contributed by atoms with Gasteiger partial charge in [0.2, 0.25) is 0 Å². The fourth-order valence-corrected chi connectivity index (χ4v) is 2.83. The van der Waals surface area contributed by atoms with Crippen molar-refractivity contribution in [2.75, 3.05) is 7.11 Å². The van der Waals surface area contributed by atoms with Gasteiger partial charge in [-0.15, -0.1) is 6.58 Å². The zero-order chi connectivity index (χ0) is 17.3. The number of ether oxygens (including phenoxy) is 1. The lowest BCUT2D eigenvalue weighted by atomic mass is 9.90. The van der Waals surface area contributed by atoms with E-state index in [9.17, 15) is 13.2 Å². The number of H-pyrrole nitrogens is 1. The number of methoxy groups -OCH3 is 1. The molecule has 1 unspecified atom stereocenters. The second-order valence-corrected chi connectivity index (χ2v) is 5.49. The Kier molecular flexibility index (Phi) is 4.09. The highest BCUT2D eigenvalue weighted by atomic mass is 19.4. The molecule has 0 saturated carbocycles. The summed E-state index contributed by atoms with van der Waals surface area (Å²) in [6.45, 7) is 3.85. The monoisotopic (exact) mass is 331 g/mol. The van der Waals surface area contributed by atoms with Gasteiger partial charge in [-0.3, -0.25) is 0 Å². The fourth-order valence-electron chi connectivity index (χ4n) is 2.83. The number of halogens is 3. The van der Waals surface area contributed by atoms with E-state index in [1.165, 1.54) is 12.1 Å². The molecule has 2 nitrogen and oxygen atoms in total. The highest BCUT2D eigenvalue weighted by Gasteiger charge is 2.30. The van der Waals surface area contributed by atoms with Crippen LogP contribution >= 0.6 is 0 Å². The summed E-state index contributed by atoms with van der Waals surface area (Å²) in [5.74, 6) is 0.506. The number of rotatable bonds is 4. The number of alkyl halides is 3. The van der Waals surface area contributed by atoms with Crippen molar-refractivity contribution >= 4 is 10.9 Å². The molecule has 0 aliphatic heterocycles. The van der Waals surface area contributed by atoms with Gasteiger partial charge in [0.15, 0.2) is 0 Å². The van der Waals surface area contributed by atoms with Crippen LogP contribution in [0.1, 0.15) is 22.6 Å². The molecule has 1 atom stereocenters. The Labute approximate surface area is 137 Å². The molecular formula is C19H16F3NO. The van der Waals surface area contributed by atoms with E-state index in [0.29, 0.717) is 0 Å². The molecule has 2 aromatic carbocycles. The van der Waals surface area contributed by atoms with Crippen LogP contribution in [0.2, 0.25) is 0 Å². The molecule has 0 amide bonds. The average Bonchev–Trinajstić information content (AvgIpc) is 2.98. The highest BCUT2D eigenvalue weighted by molar-refractivity contribution is 5.86. The Morgan fingerprint density at radius 2 is 1.83 bits per heavy atom. The summed E-state index contributed by atoms with van der Waals surface area (Å²) in [6, 6.07) is 10.8. The molecular weight excluding hydrogens is 315 g/mol. The lowest BCUT2D eigenvalue weighted by Crippen LogP contribution is -2.05. The molecule has 0 spiro atoms. The number of nitrogens with one attached hydrogen (secondary N) is 1. The molecule has 0 bridgehead atoms. The van der Waals surface area contributed by atoms with Crippen molar-refractivity contribution in [3.8, 4) is 5.75 Å². The van der Waals surface area contributed by atoms with E-state index in [0.717, 1.165) is 39.9 Å². The second-order valence-electron chi connectivity index (χ2n) is 5.49. The van der Waals surface area contributed by atoms with Crippen LogP contribution in [-0.4, -0.2) is 12.1 Å². The molecule has 5 heteroatoms. The van der Waals surface area contributed by atoms with E-state index in [1.807, 2.05) is 24.4 Å². The third kappa shape index (κ3) is 2.89. The maximum atomic E-state index is 12.7. The maximum absolute atomic E-state index is 12.7. The Bertz CT molecular complexity index is 862. The summed E-state index contributed by atoms with van der Waals surface area (Å²) in [5, 5.41) is 0.958. The Hall–Kier alpha value is -2.69. The van der Waals surface area contributed by atoms with Crippen LogP contribution < -0.4 is 4.74 Å². The average molecular weight is 331 g/mol. The second kappa shape index (κ2) is 6.07. The van der Waals surface area contributed by atoms with Crippen LogP contribution in [0.5, 0.6) is 5.75 Å². The zero-order valence-corrected chi connectivity index (χ0v) is 13.0. The number of allylic oxidation sites excluding steroid dienone is 1. The first-order valence-corrected chi connectivity index (χ1v) is 7.39. The maximum Gasteiger partial charge on any atom is 0.416 e. The molecule has 3 rings (SSSR count). The molecule has 24 heavy (non-hydrogen) atoms. The zero-order valence-electron chi connectivity index (χ0n) is 13.0. The van der Waals surface area contributed by atoms with Crippen molar-refractivity contribution in [2.24, 2.45) is 0 Å². The standard InChI is InChI=1S/C19H16F3NO/c1-3-15(12-4-6-13(7-5-12)19(20,21)22)17-11-23-18-9-8-14(24-2)10-16(17)18/h3-11,15,23H,1H2,2H3. The lowest BCUT2D eigenvalue weighted by Gasteiger charge is -2.14. The summed E-state index contributed by atoms with van der Waals surface area (Å²) in [7, 11) is 1.59. The first-order chi connectivity index (χ1) is 11.4. The van der Waals surface area contributed by atoms with Gasteiger partial charge in [0.25, 0.3) is 0 Å². The van der Waals surface area contributed by atoms with Crippen LogP contribution in [0.15, 0.2) is 61.3 Å². The summed E-state index contributed by atoms with van der Waals surface area (Å²) in [6.07, 6.45) is -0.755. The number of aromatic amines is 1. The van der Waals surface area contributed by atoms with Gasteiger partial charge in [-0.2, -0.15) is 13.2 Å². The van der Waals surface area contributed by atoms with Crippen molar-refractivity contribution in [3.05, 3.63) is 78.0 Å². The van der Waals surface area contributed by atoms with Crippen molar-refractivity contribution < 1.29 is 17.9 Å². The van der Waals surface area contributed by atoms with E-state index in [2.05, 4.69) is 11.6 Å². The number of hydrogen-bond acceptors (Lipinski definition) is 1. The van der Waals surface area contributed by atoms with E-state index in [4.69, 9.17) is 4.74 Å². The molecule has 0 aliphatic carbocycles. The summed E-state index contributed by atoms with van der Waals surface area (Å²) in [4.78, 5) is 3.18. The van der Waals surface area contributed by atoms with Crippen molar-refractivity contribution in [1.82, 2.24) is 4.98 Å². The Balaban J connectivity index is 2.04. The van der Waals surface area contributed by atoms with Crippen LogP contribution in [0, 0.1) is 0 Å². The minimum atomic E-state index is -4.34. The van der Waals surface area contributed by atoms with Crippen LogP contribution in [0.3, 0.4) is 0 Å². The minimum absolute atomic E-state index is 0.215. The van der Waals surface area contributed by atoms with E-state index in [1.54, 1.807) is 13.2 Å². The van der Waals surface area contributed by atoms with Gasteiger partial charge in [0.1, 0.15) is 5.75 Å². The molecule has 1 aromatic heterocycles. The highest BCUT2D eigenvalue weighted by Crippen LogP contribution is 2.35. The summed E-state index contributed by atoms with van der Waals surface area (Å²) >= 11 is 0. The minimum Gasteiger partial charge on any atom is -0.497 e. The van der Waals surface area contributed by atoms with Crippen LogP contribution in [0.25, 0.3) is 10.9 Å². The van der Waals surface area contributed by atoms with E-state index >= 15 is 0 Å². The number of aromatic nitrogens is 1. The first kappa shape index (κ1) is 16.2. The predicted molar refractivity (Wildman–Crippen MR) is 88.3 cm³/mol. The third-order valence-electron chi connectivity index (χ3n) is 4.09. The summed E-state index contributed by atoms with van der Waals surface area (Å²) < 4.78 is 43.4. The normalized spacial score (nSPS) is 13.0. The SMILES string of the molecule is C=CC(c1ccc(C(F)(F)F)cc1)c1c[nH]c2ccc(OC)cc12. The van der Waals surface area contributed by atoms with Crippen LogP contribution in [-0.2, 0) is 6.18 Å². The summed E-state index contributed by atoms with van der Waals surface area (Å²) in [5.41, 5.74) is 1.97. The largest absolute Gasteiger partial charge is 0.497 e. The fraction of sp³-hybridized carbons (Fsp3) is 0.158.